The van der Waals surface area contributed by atoms with Gasteiger partial charge in [-0.25, -0.2) is 9.97 Å². The van der Waals surface area contributed by atoms with Gasteiger partial charge in [0.2, 0.25) is 5.95 Å². The molecule has 0 aliphatic carbocycles. The molecule has 1 saturated heterocycles. The molecule has 118 valence electrons. The molecule has 21 heavy (non-hydrogen) atoms. The summed E-state index contributed by atoms with van der Waals surface area (Å²) in [6.07, 6.45) is 4.85. The fourth-order valence-corrected chi connectivity index (χ4v) is 2.90. The highest BCUT2D eigenvalue weighted by molar-refractivity contribution is 5.32. The van der Waals surface area contributed by atoms with Crippen LogP contribution in [0.25, 0.3) is 0 Å². The highest BCUT2D eigenvalue weighted by atomic mass is 15.3. The Bertz CT molecular complexity index is 414. The van der Waals surface area contributed by atoms with E-state index in [2.05, 4.69) is 19.8 Å². The zero-order valence-corrected chi connectivity index (χ0v) is 13.5. The lowest BCUT2D eigenvalue weighted by atomic mass is 10.2. The number of hydrogen-bond acceptors (Lipinski definition) is 5. The molecular formula is C16H29N5. The van der Waals surface area contributed by atoms with Gasteiger partial charge in [-0.1, -0.05) is 6.42 Å². The van der Waals surface area contributed by atoms with Crippen LogP contribution in [0.4, 0.5) is 5.95 Å². The topological polar surface area (TPSA) is 58.3 Å². The van der Waals surface area contributed by atoms with Crippen LogP contribution >= 0.6 is 0 Å². The molecule has 1 aliphatic rings. The van der Waals surface area contributed by atoms with Gasteiger partial charge in [-0.2, -0.15) is 0 Å². The summed E-state index contributed by atoms with van der Waals surface area (Å²) >= 11 is 0. The van der Waals surface area contributed by atoms with Crippen LogP contribution in [0.3, 0.4) is 0 Å². The van der Waals surface area contributed by atoms with Crippen molar-refractivity contribution >= 4 is 5.95 Å². The van der Waals surface area contributed by atoms with Crippen molar-refractivity contribution in [3.63, 3.8) is 0 Å². The highest BCUT2D eigenvalue weighted by Gasteiger charge is 2.17. The van der Waals surface area contributed by atoms with E-state index >= 15 is 0 Å². The fraction of sp³-hybridized carbons (Fsp3) is 0.750. The van der Waals surface area contributed by atoms with Gasteiger partial charge in [0.15, 0.2) is 0 Å². The fourth-order valence-electron chi connectivity index (χ4n) is 2.90. The van der Waals surface area contributed by atoms with Crippen LogP contribution in [0.1, 0.15) is 37.1 Å². The van der Waals surface area contributed by atoms with Crippen molar-refractivity contribution in [3.05, 3.63) is 17.5 Å². The number of anilines is 1. The smallest absolute Gasteiger partial charge is 0.225 e. The number of hydrogen-bond donors (Lipinski definition) is 1. The molecule has 1 aliphatic heterocycles. The van der Waals surface area contributed by atoms with Gasteiger partial charge in [-0.15, -0.1) is 0 Å². The average Bonchev–Trinajstić information content (AvgIpc) is 2.68. The van der Waals surface area contributed by atoms with E-state index < -0.39 is 0 Å². The average molecular weight is 291 g/mol. The summed E-state index contributed by atoms with van der Waals surface area (Å²) in [5, 5.41) is 0. The minimum absolute atomic E-state index is 0.817. The van der Waals surface area contributed by atoms with Gasteiger partial charge in [0.25, 0.3) is 0 Å². The number of nitrogens with two attached hydrogens (primary N) is 1. The Labute approximate surface area is 128 Å². The molecule has 0 bridgehead atoms. The summed E-state index contributed by atoms with van der Waals surface area (Å²) < 4.78 is 0. The van der Waals surface area contributed by atoms with Gasteiger partial charge in [0.1, 0.15) is 0 Å². The van der Waals surface area contributed by atoms with E-state index in [1.54, 1.807) is 0 Å². The highest BCUT2D eigenvalue weighted by Crippen LogP contribution is 2.13. The number of unbranched alkanes of at least 4 members (excludes halogenated alkanes) is 2. The molecule has 0 radical (unpaired) electrons. The molecule has 2 rings (SSSR count). The second-order valence-corrected chi connectivity index (χ2v) is 5.98. The summed E-state index contributed by atoms with van der Waals surface area (Å²) in [5.74, 6) is 0.900. The number of nitrogens with zero attached hydrogens (tertiary/aromatic N) is 4. The zero-order valence-electron chi connectivity index (χ0n) is 13.5. The lowest BCUT2D eigenvalue weighted by molar-refractivity contribution is 0.286. The lowest BCUT2D eigenvalue weighted by Gasteiger charge is -2.22. The van der Waals surface area contributed by atoms with Crippen LogP contribution in [0.15, 0.2) is 6.07 Å². The number of aromatic nitrogens is 2. The first-order valence-corrected chi connectivity index (χ1v) is 8.18. The Kier molecular flexibility index (Phi) is 6.39. The Morgan fingerprint density at radius 1 is 1.00 bits per heavy atom. The predicted octanol–water partition coefficient (Wildman–Crippen LogP) is 1.73. The summed E-state index contributed by atoms with van der Waals surface area (Å²) in [5.41, 5.74) is 7.66. The maximum atomic E-state index is 5.55. The number of aryl methyl sites for hydroxylation is 2. The van der Waals surface area contributed by atoms with E-state index in [1.165, 1.54) is 32.4 Å². The minimum Gasteiger partial charge on any atom is -0.339 e. The van der Waals surface area contributed by atoms with Crippen molar-refractivity contribution in [1.82, 2.24) is 14.9 Å². The molecule has 1 fully saturated rings. The molecule has 1 aromatic rings. The van der Waals surface area contributed by atoms with Gasteiger partial charge >= 0.3 is 0 Å². The first-order valence-electron chi connectivity index (χ1n) is 8.18. The third-order valence-corrected chi connectivity index (χ3v) is 4.02. The molecule has 1 aromatic heterocycles. The molecule has 0 aromatic carbocycles. The van der Waals surface area contributed by atoms with E-state index in [0.29, 0.717) is 0 Å². The van der Waals surface area contributed by atoms with E-state index in [4.69, 9.17) is 5.73 Å². The largest absolute Gasteiger partial charge is 0.339 e. The van der Waals surface area contributed by atoms with Crippen LogP contribution in [-0.4, -0.2) is 54.1 Å². The maximum Gasteiger partial charge on any atom is 0.225 e. The lowest BCUT2D eigenvalue weighted by Crippen LogP contribution is -2.32. The maximum absolute atomic E-state index is 5.55. The first kappa shape index (κ1) is 16.2. The summed E-state index contributed by atoms with van der Waals surface area (Å²) in [4.78, 5) is 14.1. The van der Waals surface area contributed by atoms with E-state index in [0.717, 1.165) is 49.9 Å². The van der Waals surface area contributed by atoms with Gasteiger partial charge in [0, 0.05) is 31.0 Å². The van der Waals surface area contributed by atoms with Gasteiger partial charge in [-0.05, 0) is 58.8 Å². The molecule has 0 saturated carbocycles. The monoisotopic (exact) mass is 291 g/mol. The molecule has 0 spiro atoms. The van der Waals surface area contributed by atoms with Gasteiger partial charge < -0.3 is 15.5 Å². The molecule has 0 amide bonds. The van der Waals surface area contributed by atoms with Gasteiger partial charge in [0.05, 0.1) is 0 Å². The Morgan fingerprint density at radius 3 is 2.48 bits per heavy atom. The van der Waals surface area contributed by atoms with Crippen molar-refractivity contribution in [3.8, 4) is 0 Å². The SMILES string of the molecule is Cc1cc(C)nc(N2CCCN(CCCCCN)CC2)n1. The molecule has 2 heterocycles. The Morgan fingerprint density at radius 2 is 1.76 bits per heavy atom. The quantitative estimate of drug-likeness (QED) is 0.809. The van der Waals surface area contributed by atoms with Crippen LogP contribution < -0.4 is 10.6 Å². The Hall–Kier alpha value is -1.20. The third-order valence-electron chi connectivity index (χ3n) is 4.02. The van der Waals surface area contributed by atoms with Gasteiger partial charge in [-0.3, -0.25) is 0 Å². The predicted molar refractivity (Wildman–Crippen MR) is 87.7 cm³/mol. The van der Waals surface area contributed by atoms with E-state index in [1.807, 2.05) is 19.9 Å². The van der Waals surface area contributed by atoms with Crippen molar-refractivity contribution < 1.29 is 0 Å². The van der Waals surface area contributed by atoms with Crippen LogP contribution in [-0.2, 0) is 0 Å². The number of rotatable bonds is 6. The Balaban J connectivity index is 1.85. The first-order chi connectivity index (χ1) is 10.2. The summed E-state index contributed by atoms with van der Waals surface area (Å²) in [7, 11) is 0. The van der Waals surface area contributed by atoms with Crippen LogP contribution in [0.2, 0.25) is 0 Å². The normalized spacial score (nSPS) is 17.0. The van der Waals surface area contributed by atoms with Crippen LogP contribution in [0.5, 0.6) is 0 Å². The molecular weight excluding hydrogens is 262 g/mol. The molecule has 2 N–H and O–H groups in total. The second kappa shape index (κ2) is 8.29. The second-order valence-electron chi connectivity index (χ2n) is 5.98. The molecule has 5 heteroatoms. The molecule has 0 atom stereocenters. The standard InChI is InChI=1S/C16H29N5/c1-14-13-15(2)19-16(18-14)21-10-6-9-20(11-12-21)8-5-3-4-7-17/h13H,3-12,17H2,1-2H3. The van der Waals surface area contributed by atoms with Crippen molar-refractivity contribution in [2.75, 3.05) is 44.2 Å². The zero-order chi connectivity index (χ0) is 15.1. The molecule has 5 nitrogen and oxygen atoms in total. The third kappa shape index (κ3) is 5.25. The van der Waals surface area contributed by atoms with Crippen molar-refractivity contribution in [2.45, 2.75) is 39.5 Å². The van der Waals surface area contributed by atoms with Crippen molar-refractivity contribution in [2.24, 2.45) is 5.73 Å². The minimum atomic E-state index is 0.817. The van der Waals surface area contributed by atoms with Crippen molar-refractivity contribution in [1.29, 1.82) is 0 Å². The molecule has 0 unspecified atom stereocenters. The van der Waals surface area contributed by atoms with E-state index in [9.17, 15) is 0 Å². The summed E-state index contributed by atoms with van der Waals surface area (Å²) in [6, 6.07) is 2.03. The van der Waals surface area contributed by atoms with E-state index in [-0.39, 0.29) is 0 Å². The summed E-state index contributed by atoms with van der Waals surface area (Å²) in [6.45, 7) is 10.5. The van der Waals surface area contributed by atoms with Crippen LogP contribution in [0, 0.1) is 13.8 Å².